The number of benzene rings is 1. The van der Waals surface area contributed by atoms with Gasteiger partial charge in [0.25, 0.3) is 10.0 Å². The maximum Gasteiger partial charge on any atom is 0.257 e. The summed E-state index contributed by atoms with van der Waals surface area (Å²) in [6.45, 7) is 0.152. The smallest absolute Gasteiger partial charge is 0.257 e. The summed E-state index contributed by atoms with van der Waals surface area (Å²) in [6.07, 6.45) is 2.54. The van der Waals surface area contributed by atoms with Crippen LogP contribution >= 0.6 is 0 Å². The minimum Gasteiger partial charge on any atom is -0.384 e. The Bertz CT molecular complexity index is 662. The maximum atomic E-state index is 11.8. The van der Waals surface area contributed by atoms with Gasteiger partial charge in [0.05, 0.1) is 12.5 Å². The Morgan fingerprint density at radius 1 is 1.37 bits per heavy atom. The van der Waals surface area contributed by atoms with E-state index in [1.54, 1.807) is 24.3 Å². The van der Waals surface area contributed by atoms with Gasteiger partial charge in [0.15, 0.2) is 5.03 Å². The van der Waals surface area contributed by atoms with Gasteiger partial charge >= 0.3 is 0 Å². The molecule has 0 amide bonds. The molecule has 5 N–H and O–H groups in total. The van der Waals surface area contributed by atoms with Gasteiger partial charge in [-0.3, -0.25) is 5.41 Å². The fourth-order valence-corrected chi connectivity index (χ4v) is 2.37. The van der Waals surface area contributed by atoms with Gasteiger partial charge in [0, 0.05) is 12.1 Å². The second-order valence-electron chi connectivity index (χ2n) is 3.85. The first-order valence-electron chi connectivity index (χ1n) is 5.40. The van der Waals surface area contributed by atoms with E-state index in [-0.39, 0.29) is 17.4 Å². The first-order valence-corrected chi connectivity index (χ1v) is 6.89. The quantitative estimate of drug-likeness (QED) is 0.460. The Balaban J connectivity index is 2.05. The highest BCUT2D eigenvalue weighted by Gasteiger charge is 2.14. The zero-order valence-corrected chi connectivity index (χ0v) is 10.7. The summed E-state index contributed by atoms with van der Waals surface area (Å²) in [4.78, 5) is 6.19. The van der Waals surface area contributed by atoms with Gasteiger partial charge in [-0.2, -0.15) is 0 Å². The van der Waals surface area contributed by atoms with Crippen molar-refractivity contribution in [1.82, 2.24) is 14.7 Å². The van der Waals surface area contributed by atoms with Crippen molar-refractivity contribution in [3.8, 4) is 0 Å². The normalized spacial score (nSPS) is 11.4. The summed E-state index contributed by atoms with van der Waals surface area (Å²) < 4.78 is 26.1. The Hall–Kier alpha value is -2.19. The summed E-state index contributed by atoms with van der Waals surface area (Å²) >= 11 is 0. The van der Waals surface area contributed by atoms with Crippen LogP contribution in [0.3, 0.4) is 0 Å². The van der Waals surface area contributed by atoms with Crippen molar-refractivity contribution >= 4 is 15.9 Å². The standard InChI is InChI=1S/C11H13N5O2S/c12-11(13)9-3-1-8(2-4-9)5-16-19(17,18)10-6-14-7-15-10/h1-4,6-7,16H,5H2,(H3,12,13)(H,14,15). The number of aromatic amines is 1. The predicted molar refractivity (Wildman–Crippen MR) is 70.1 cm³/mol. The molecule has 2 aromatic rings. The zero-order valence-electron chi connectivity index (χ0n) is 9.92. The Labute approximate surface area is 110 Å². The number of nitrogen functional groups attached to an aromatic ring is 1. The van der Waals surface area contributed by atoms with Gasteiger partial charge in [-0.25, -0.2) is 18.1 Å². The molecule has 1 aromatic heterocycles. The molecule has 0 atom stereocenters. The predicted octanol–water partition coefficient (Wildman–Crippen LogP) is 0.172. The number of sulfonamides is 1. The van der Waals surface area contributed by atoms with E-state index in [9.17, 15) is 8.42 Å². The fourth-order valence-electron chi connectivity index (χ4n) is 1.45. The molecule has 0 radical (unpaired) electrons. The molecular formula is C11H13N5O2S. The van der Waals surface area contributed by atoms with Crippen LogP contribution in [0.4, 0.5) is 0 Å². The number of nitrogens with two attached hydrogens (primary N) is 1. The SMILES string of the molecule is N=C(N)c1ccc(CNS(=O)(=O)c2cnc[nH]2)cc1. The van der Waals surface area contributed by atoms with E-state index in [4.69, 9.17) is 11.1 Å². The number of H-pyrrole nitrogens is 1. The van der Waals surface area contributed by atoms with Crippen molar-refractivity contribution in [1.29, 1.82) is 5.41 Å². The van der Waals surface area contributed by atoms with Crippen LogP contribution in [-0.2, 0) is 16.6 Å². The number of nitrogens with one attached hydrogen (secondary N) is 3. The minimum absolute atomic E-state index is 0.0212. The van der Waals surface area contributed by atoms with Crippen LogP contribution in [0.5, 0.6) is 0 Å². The summed E-state index contributed by atoms with van der Waals surface area (Å²) in [7, 11) is -3.58. The number of amidine groups is 1. The molecule has 19 heavy (non-hydrogen) atoms. The molecule has 0 aliphatic rings. The van der Waals surface area contributed by atoms with E-state index in [1.165, 1.54) is 12.5 Å². The van der Waals surface area contributed by atoms with E-state index in [0.717, 1.165) is 5.56 Å². The third kappa shape index (κ3) is 3.18. The molecule has 8 heteroatoms. The maximum absolute atomic E-state index is 11.8. The van der Waals surface area contributed by atoms with E-state index in [1.807, 2.05) is 0 Å². The molecule has 2 rings (SSSR count). The molecule has 1 aromatic carbocycles. The number of aromatic nitrogens is 2. The van der Waals surface area contributed by atoms with Crippen LogP contribution in [0.1, 0.15) is 11.1 Å². The van der Waals surface area contributed by atoms with E-state index >= 15 is 0 Å². The summed E-state index contributed by atoms with van der Waals surface area (Å²) in [6, 6.07) is 6.77. The zero-order chi connectivity index (χ0) is 13.9. The third-order valence-corrected chi connectivity index (χ3v) is 3.82. The Kier molecular flexibility index (Phi) is 3.63. The summed E-state index contributed by atoms with van der Waals surface area (Å²) in [5.41, 5.74) is 6.70. The van der Waals surface area contributed by atoms with E-state index in [0.29, 0.717) is 5.56 Å². The van der Waals surface area contributed by atoms with Gasteiger partial charge in [-0.15, -0.1) is 0 Å². The highest BCUT2D eigenvalue weighted by atomic mass is 32.2. The average Bonchev–Trinajstić information content (AvgIpc) is 2.91. The highest BCUT2D eigenvalue weighted by molar-refractivity contribution is 7.89. The molecule has 0 aliphatic heterocycles. The van der Waals surface area contributed by atoms with Gasteiger partial charge in [0.2, 0.25) is 0 Å². The molecule has 0 saturated heterocycles. The van der Waals surface area contributed by atoms with Crippen molar-refractivity contribution in [2.45, 2.75) is 11.6 Å². The third-order valence-electron chi connectivity index (χ3n) is 2.49. The lowest BCUT2D eigenvalue weighted by Gasteiger charge is -2.05. The van der Waals surface area contributed by atoms with Crippen LogP contribution in [0.2, 0.25) is 0 Å². The van der Waals surface area contributed by atoms with Crippen molar-refractivity contribution in [3.63, 3.8) is 0 Å². The summed E-state index contributed by atoms with van der Waals surface area (Å²) in [5, 5.41) is 7.28. The monoisotopic (exact) mass is 279 g/mol. The van der Waals surface area contributed by atoms with Crippen LogP contribution in [0, 0.1) is 5.41 Å². The van der Waals surface area contributed by atoms with Gasteiger partial charge in [-0.05, 0) is 5.56 Å². The number of imidazole rings is 1. The number of hydrogen-bond acceptors (Lipinski definition) is 4. The second-order valence-corrected chi connectivity index (χ2v) is 5.59. The van der Waals surface area contributed by atoms with Crippen LogP contribution in [0.25, 0.3) is 0 Å². The topological polar surface area (TPSA) is 125 Å². The average molecular weight is 279 g/mol. The Morgan fingerprint density at radius 2 is 2.05 bits per heavy atom. The van der Waals surface area contributed by atoms with Crippen LogP contribution in [-0.4, -0.2) is 24.2 Å². The molecule has 0 fully saturated rings. The van der Waals surface area contributed by atoms with Crippen molar-refractivity contribution in [3.05, 3.63) is 47.9 Å². The van der Waals surface area contributed by atoms with Crippen molar-refractivity contribution < 1.29 is 8.42 Å². The second kappa shape index (κ2) is 5.21. The molecule has 0 aliphatic carbocycles. The van der Waals surface area contributed by atoms with Crippen molar-refractivity contribution in [2.75, 3.05) is 0 Å². The summed E-state index contributed by atoms with van der Waals surface area (Å²) in [5.74, 6) is -0.0235. The van der Waals surface area contributed by atoms with Crippen LogP contribution < -0.4 is 10.5 Å². The largest absolute Gasteiger partial charge is 0.384 e. The fraction of sp³-hybridized carbons (Fsp3) is 0.0909. The van der Waals surface area contributed by atoms with E-state index in [2.05, 4.69) is 14.7 Å². The molecule has 1 heterocycles. The lowest BCUT2D eigenvalue weighted by molar-refractivity contribution is 0.578. The highest BCUT2D eigenvalue weighted by Crippen LogP contribution is 2.06. The van der Waals surface area contributed by atoms with Gasteiger partial charge < -0.3 is 10.7 Å². The molecule has 7 nitrogen and oxygen atoms in total. The molecular weight excluding hydrogens is 266 g/mol. The van der Waals surface area contributed by atoms with Crippen LogP contribution in [0.15, 0.2) is 41.8 Å². The lowest BCUT2D eigenvalue weighted by Crippen LogP contribution is -2.23. The molecule has 0 bridgehead atoms. The molecule has 0 saturated carbocycles. The first-order chi connectivity index (χ1) is 8.99. The van der Waals surface area contributed by atoms with Gasteiger partial charge in [0.1, 0.15) is 5.84 Å². The lowest BCUT2D eigenvalue weighted by atomic mass is 10.1. The van der Waals surface area contributed by atoms with Crippen molar-refractivity contribution in [2.24, 2.45) is 5.73 Å². The molecule has 0 unspecified atom stereocenters. The number of nitrogens with zero attached hydrogens (tertiary/aromatic N) is 1. The first kappa shape index (κ1) is 13.2. The van der Waals surface area contributed by atoms with E-state index < -0.39 is 10.0 Å². The molecule has 100 valence electrons. The molecule has 0 spiro atoms. The Morgan fingerprint density at radius 3 is 2.58 bits per heavy atom. The van der Waals surface area contributed by atoms with Gasteiger partial charge in [-0.1, -0.05) is 24.3 Å². The minimum atomic E-state index is -3.58. The number of rotatable bonds is 5. The number of hydrogen-bond donors (Lipinski definition) is 4.